The fourth-order valence-corrected chi connectivity index (χ4v) is 1.99. The maximum absolute atomic E-state index is 11.2. The second kappa shape index (κ2) is 7.26. The number of rotatable bonds is 6. The fourth-order valence-electron chi connectivity index (χ4n) is 1.99. The largest absolute Gasteiger partial charge is 0.491 e. The summed E-state index contributed by atoms with van der Waals surface area (Å²) in [4.78, 5) is 11.2. The summed E-state index contributed by atoms with van der Waals surface area (Å²) in [6.07, 6.45) is 3.15. The van der Waals surface area contributed by atoms with Crippen LogP contribution in [0.4, 0.5) is 0 Å². The zero-order chi connectivity index (χ0) is 13.5. The molecule has 0 aliphatic carbocycles. The second-order valence-electron chi connectivity index (χ2n) is 4.60. The fraction of sp³-hybridized carbons (Fsp3) is 0.533. The Morgan fingerprint density at radius 3 is 3.00 bits per heavy atom. The van der Waals surface area contributed by atoms with Crippen molar-refractivity contribution < 1.29 is 19.0 Å². The Labute approximate surface area is 113 Å². The molecule has 1 saturated heterocycles. The predicted molar refractivity (Wildman–Crippen MR) is 71.5 cm³/mol. The highest BCUT2D eigenvalue weighted by molar-refractivity contribution is 5.94. The summed E-state index contributed by atoms with van der Waals surface area (Å²) >= 11 is 0. The van der Waals surface area contributed by atoms with Crippen LogP contribution < -0.4 is 4.74 Å². The monoisotopic (exact) mass is 264 g/mol. The maximum atomic E-state index is 11.2. The van der Waals surface area contributed by atoms with Gasteiger partial charge in [0.25, 0.3) is 0 Å². The first kappa shape index (κ1) is 14.0. The van der Waals surface area contributed by atoms with E-state index in [0.717, 1.165) is 25.9 Å². The summed E-state index contributed by atoms with van der Waals surface area (Å²) in [6.45, 7) is 3.28. The Balaban J connectivity index is 1.70. The zero-order valence-electron chi connectivity index (χ0n) is 11.3. The molecule has 0 unspecified atom stereocenters. The van der Waals surface area contributed by atoms with Gasteiger partial charge in [-0.1, -0.05) is 12.1 Å². The number of ether oxygens (including phenoxy) is 3. The number of carbonyl (C=O) groups is 1. The molecule has 1 atom stereocenters. The first-order chi connectivity index (χ1) is 9.25. The third-order valence-corrected chi connectivity index (χ3v) is 3.03. The highest BCUT2D eigenvalue weighted by Crippen LogP contribution is 2.15. The van der Waals surface area contributed by atoms with Crippen molar-refractivity contribution in [1.29, 1.82) is 0 Å². The van der Waals surface area contributed by atoms with Crippen molar-refractivity contribution in [2.45, 2.75) is 32.5 Å². The van der Waals surface area contributed by atoms with Gasteiger partial charge in [0.1, 0.15) is 12.4 Å². The molecule has 1 aromatic carbocycles. The van der Waals surface area contributed by atoms with E-state index < -0.39 is 0 Å². The number of benzene rings is 1. The van der Waals surface area contributed by atoms with Gasteiger partial charge in [-0.25, -0.2) is 0 Å². The summed E-state index contributed by atoms with van der Waals surface area (Å²) in [7, 11) is 0. The molecule has 1 aliphatic rings. The molecule has 104 valence electrons. The van der Waals surface area contributed by atoms with Gasteiger partial charge in [-0.05, 0) is 38.3 Å². The Morgan fingerprint density at radius 2 is 2.26 bits per heavy atom. The maximum Gasteiger partial charge on any atom is 0.159 e. The van der Waals surface area contributed by atoms with Crippen LogP contribution in [0.5, 0.6) is 5.75 Å². The Kier molecular flexibility index (Phi) is 5.36. The van der Waals surface area contributed by atoms with E-state index in [0.29, 0.717) is 24.5 Å². The van der Waals surface area contributed by atoms with Crippen LogP contribution in [-0.2, 0) is 9.47 Å². The second-order valence-corrected chi connectivity index (χ2v) is 4.60. The lowest BCUT2D eigenvalue weighted by atomic mass is 10.1. The van der Waals surface area contributed by atoms with Crippen LogP contribution in [0.25, 0.3) is 0 Å². The summed E-state index contributed by atoms with van der Waals surface area (Å²) in [5, 5.41) is 0. The highest BCUT2D eigenvalue weighted by atomic mass is 16.7. The van der Waals surface area contributed by atoms with Gasteiger partial charge in [0.15, 0.2) is 12.1 Å². The molecule has 1 aromatic rings. The van der Waals surface area contributed by atoms with Crippen molar-refractivity contribution in [2.75, 3.05) is 19.8 Å². The molecule has 0 spiro atoms. The molecule has 19 heavy (non-hydrogen) atoms. The third kappa shape index (κ3) is 4.65. The number of hydrogen-bond donors (Lipinski definition) is 0. The third-order valence-electron chi connectivity index (χ3n) is 3.03. The van der Waals surface area contributed by atoms with Gasteiger partial charge in [0, 0.05) is 12.2 Å². The SMILES string of the molecule is CC(=O)c1cccc(OCCO[C@H]2CCCCO2)c1. The molecule has 1 heterocycles. The lowest BCUT2D eigenvalue weighted by molar-refractivity contribution is -0.165. The zero-order valence-corrected chi connectivity index (χ0v) is 11.3. The first-order valence-electron chi connectivity index (χ1n) is 6.73. The quantitative estimate of drug-likeness (QED) is 0.585. The van der Waals surface area contributed by atoms with Crippen LogP contribution in [0.1, 0.15) is 36.5 Å². The van der Waals surface area contributed by atoms with Gasteiger partial charge in [-0.15, -0.1) is 0 Å². The van der Waals surface area contributed by atoms with Gasteiger partial charge in [-0.2, -0.15) is 0 Å². The van der Waals surface area contributed by atoms with Crippen molar-refractivity contribution in [3.63, 3.8) is 0 Å². The average molecular weight is 264 g/mol. The molecule has 4 heteroatoms. The van der Waals surface area contributed by atoms with Crippen LogP contribution in [-0.4, -0.2) is 31.9 Å². The van der Waals surface area contributed by atoms with Gasteiger partial charge in [0.2, 0.25) is 0 Å². The molecule has 1 fully saturated rings. The van der Waals surface area contributed by atoms with Gasteiger partial charge < -0.3 is 14.2 Å². The highest BCUT2D eigenvalue weighted by Gasteiger charge is 2.13. The van der Waals surface area contributed by atoms with E-state index in [2.05, 4.69) is 0 Å². The molecule has 0 N–H and O–H groups in total. The van der Waals surface area contributed by atoms with Gasteiger partial charge >= 0.3 is 0 Å². The molecule has 0 radical (unpaired) electrons. The van der Waals surface area contributed by atoms with E-state index in [9.17, 15) is 4.79 Å². The lowest BCUT2D eigenvalue weighted by Crippen LogP contribution is -2.24. The van der Waals surface area contributed by atoms with E-state index in [1.54, 1.807) is 19.1 Å². The topological polar surface area (TPSA) is 44.8 Å². The Hall–Kier alpha value is -1.39. The van der Waals surface area contributed by atoms with E-state index >= 15 is 0 Å². The van der Waals surface area contributed by atoms with Crippen molar-refractivity contribution in [2.24, 2.45) is 0 Å². The normalized spacial score (nSPS) is 19.1. The van der Waals surface area contributed by atoms with Crippen LogP contribution in [0, 0.1) is 0 Å². The van der Waals surface area contributed by atoms with Crippen molar-refractivity contribution >= 4 is 5.78 Å². The minimum Gasteiger partial charge on any atom is -0.491 e. The van der Waals surface area contributed by atoms with Crippen LogP contribution >= 0.6 is 0 Å². The van der Waals surface area contributed by atoms with E-state index in [4.69, 9.17) is 14.2 Å². The van der Waals surface area contributed by atoms with Crippen molar-refractivity contribution in [3.8, 4) is 5.75 Å². The van der Waals surface area contributed by atoms with Crippen LogP contribution in [0.15, 0.2) is 24.3 Å². The first-order valence-corrected chi connectivity index (χ1v) is 6.73. The number of ketones is 1. The van der Waals surface area contributed by atoms with E-state index in [1.807, 2.05) is 12.1 Å². The summed E-state index contributed by atoms with van der Waals surface area (Å²) < 4.78 is 16.6. The molecule has 0 bridgehead atoms. The summed E-state index contributed by atoms with van der Waals surface area (Å²) in [5.41, 5.74) is 0.661. The Bertz CT molecular complexity index is 410. The molecule has 2 rings (SSSR count). The number of hydrogen-bond acceptors (Lipinski definition) is 4. The molecule has 1 aliphatic heterocycles. The summed E-state index contributed by atoms with van der Waals surface area (Å²) in [6, 6.07) is 7.18. The molecular weight excluding hydrogens is 244 g/mol. The summed E-state index contributed by atoms with van der Waals surface area (Å²) in [5.74, 6) is 0.734. The Morgan fingerprint density at radius 1 is 1.37 bits per heavy atom. The van der Waals surface area contributed by atoms with Gasteiger partial charge in [-0.3, -0.25) is 4.79 Å². The standard InChI is InChI=1S/C15H20O4/c1-12(16)13-5-4-6-14(11-13)17-9-10-19-15-7-2-3-8-18-15/h4-6,11,15H,2-3,7-10H2,1H3/t15-/m0/s1. The predicted octanol–water partition coefficient (Wildman–Crippen LogP) is 2.81. The van der Waals surface area contributed by atoms with Gasteiger partial charge in [0.05, 0.1) is 6.61 Å². The number of Topliss-reactive ketones (excluding diaryl/α,β-unsaturated/α-hetero) is 1. The van der Waals surface area contributed by atoms with Crippen LogP contribution in [0.3, 0.4) is 0 Å². The molecule has 0 amide bonds. The molecule has 0 saturated carbocycles. The smallest absolute Gasteiger partial charge is 0.159 e. The van der Waals surface area contributed by atoms with Crippen molar-refractivity contribution in [1.82, 2.24) is 0 Å². The molecule has 0 aromatic heterocycles. The lowest BCUT2D eigenvalue weighted by Gasteiger charge is -2.22. The minimum absolute atomic E-state index is 0.0392. The van der Waals surface area contributed by atoms with E-state index in [1.165, 1.54) is 0 Å². The number of carbonyl (C=O) groups excluding carboxylic acids is 1. The minimum atomic E-state index is -0.0825. The molecular formula is C15H20O4. The molecule has 4 nitrogen and oxygen atoms in total. The average Bonchev–Trinajstić information content (AvgIpc) is 2.45. The van der Waals surface area contributed by atoms with Crippen LogP contribution in [0.2, 0.25) is 0 Å². The van der Waals surface area contributed by atoms with Crippen molar-refractivity contribution in [3.05, 3.63) is 29.8 Å². The van der Waals surface area contributed by atoms with E-state index in [-0.39, 0.29) is 12.1 Å².